The van der Waals surface area contributed by atoms with Gasteiger partial charge in [-0.3, -0.25) is 4.79 Å². The molecule has 5 heteroatoms. The van der Waals surface area contributed by atoms with E-state index in [0.717, 1.165) is 5.56 Å². The van der Waals surface area contributed by atoms with Crippen LogP contribution in [0.25, 0.3) is 11.3 Å². The highest BCUT2D eigenvalue weighted by Crippen LogP contribution is 2.20. The second kappa shape index (κ2) is 6.30. The van der Waals surface area contributed by atoms with Crippen molar-refractivity contribution in [2.24, 2.45) is 4.99 Å². The first-order chi connectivity index (χ1) is 10.6. The van der Waals surface area contributed by atoms with Crippen molar-refractivity contribution in [3.05, 3.63) is 74.9 Å². The van der Waals surface area contributed by atoms with Gasteiger partial charge in [-0.05, 0) is 31.2 Å². The Balaban J connectivity index is 1.88. The van der Waals surface area contributed by atoms with Crippen molar-refractivity contribution < 1.29 is 9.21 Å². The standard InChI is InChI=1S/C17H12ClNO2S/c1-11-2-4-12(5-3-11)15-10-22-17(21-15)19-16(20)13-6-8-14(18)9-7-13/h2-10H,1H3. The van der Waals surface area contributed by atoms with Gasteiger partial charge in [-0.1, -0.05) is 52.8 Å². The summed E-state index contributed by atoms with van der Waals surface area (Å²) in [6.45, 7) is 2.03. The van der Waals surface area contributed by atoms with Gasteiger partial charge in [-0.15, -0.1) is 0 Å². The lowest BCUT2D eigenvalue weighted by Crippen LogP contribution is -2.01. The van der Waals surface area contributed by atoms with E-state index in [1.54, 1.807) is 24.3 Å². The Labute approximate surface area is 136 Å². The summed E-state index contributed by atoms with van der Waals surface area (Å²) >= 11 is 7.09. The molecular formula is C17H12ClNO2S. The van der Waals surface area contributed by atoms with E-state index >= 15 is 0 Å². The fraction of sp³-hybridized carbons (Fsp3) is 0.0588. The van der Waals surface area contributed by atoms with Crippen LogP contribution in [-0.4, -0.2) is 5.91 Å². The summed E-state index contributed by atoms with van der Waals surface area (Å²) in [5, 5.41) is 2.43. The number of hydrogen-bond donors (Lipinski definition) is 0. The maximum absolute atomic E-state index is 12.1. The third kappa shape index (κ3) is 3.35. The maximum Gasteiger partial charge on any atom is 0.282 e. The number of aryl methyl sites for hydroxylation is 1. The Morgan fingerprint density at radius 2 is 1.77 bits per heavy atom. The highest BCUT2D eigenvalue weighted by atomic mass is 35.5. The summed E-state index contributed by atoms with van der Waals surface area (Å²) in [6, 6.07) is 14.6. The number of carbonyl (C=O) groups is 1. The van der Waals surface area contributed by atoms with Crippen LogP contribution in [0.5, 0.6) is 0 Å². The lowest BCUT2D eigenvalue weighted by molar-refractivity contribution is 0.0996. The first-order valence-corrected chi connectivity index (χ1v) is 7.88. The maximum atomic E-state index is 12.1. The average Bonchev–Trinajstić information content (AvgIpc) is 2.97. The van der Waals surface area contributed by atoms with Gasteiger partial charge in [0.1, 0.15) is 5.76 Å². The van der Waals surface area contributed by atoms with Crippen LogP contribution in [0.1, 0.15) is 15.9 Å². The summed E-state index contributed by atoms with van der Waals surface area (Å²) in [6.07, 6.45) is 0. The molecule has 0 radical (unpaired) electrons. The Hall–Kier alpha value is -2.17. The van der Waals surface area contributed by atoms with E-state index in [0.29, 0.717) is 21.2 Å². The number of rotatable bonds is 2. The summed E-state index contributed by atoms with van der Waals surface area (Å²) in [5.74, 6) is 0.352. The molecule has 22 heavy (non-hydrogen) atoms. The molecule has 0 aliphatic rings. The molecule has 1 heterocycles. The minimum absolute atomic E-state index is 0.329. The molecule has 3 nitrogen and oxygen atoms in total. The summed E-state index contributed by atoms with van der Waals surface area (Å²) in [4.78, 5) is 16.4. The van der Waals surface area contributed by atoms with Crippen LogP contribution in [0.15, 0.2) is 63.3 Å². The monoisotopic (exact) mass is 329 g/mol. The van der Waals surface area contributed by atoms with Crippen molar-refractivity contribution in [1.29, 1.82) is 0 Å². The van der Waals surface area contributed by atoms with Crippen LogP contribution in [0.3, 0.4) is 0 Å². The lowest BCUT2D eigenvalue weighted by Gasteiger charge is -1.96. The third-order valence-electron chi connectivity index (χ3n) is 3.08. The molecular weight excluding hydrogens is 318 g/mol. The number of halogens is 1. The summed E-state index contributed by atoms with van der Waals surface area (Å²) < 4.78 is 5.63. The molecule has 0 aliphatic carbocycles. The van der Waals surface area contributed by atoms with E-state index in [4.69, 9.17) is 16.0 Å². The van der Waals surface area contributed by atoms with Gasteiger partial charge in [-0.25, -0.2) is 0 Å². The highest BCUT2D eigenvalue weighted by Gasteiger charge is 2.06. The fourth-order valence-electron chi connectivity index (χ4n) is 1.88. The van der Waals surface area contributed by atoms with Gasteiger partial charge in [0.05, 0.1) is 0 Å². The van der Waals surface area contributed by atoms with Crippen LogP contribution in [0, 0.1) is 6.92 Å². The molecule has 0 spiro atoms. The predicted octanol–water partition coefficient (Wildman–Crippen LogP) is 4.71. The largest absolute Gasteiger partial charge is 0.429 e. The smallest absolute Gasteiger partial charge is 0.282 e. The zero-order chi connectivity index (χ0) is 15.5. The van der Waals surface area contributed by atoms with E-state index in [-0.39, 0.29) is 5.91 Å². The fourth-order valence-corrected chi connectivity index (χ4v) is 2.67. The SMILES string of the molecule is Cc1ccc(-c2csc(=NC(=O)c3ccc(Cl)cc3)o2)cc1. The molecule has 0 N–H and O–H groups in total. The van der Waals surface area contributed by atoms with Crippen LogP contribution in [0.4, 0.5) is 0 Å². The molecule has 1 aromatic heterocycles. The second-order valence-electron chi connectivity index (χ2n) is 4.76. The zero-order valence-corrected chi connectivity index (χ0v) is 13.3. The average molecular weight is 330 g/mol. The van der Waals surface area contributed by atoms with E-state index in [2.05, 4.69) is 4.99 Å². The van der Waals surface area contributed by atoms with Gasteiger partial charge in [0.25, 0.3) is 10.8 Å². The van der Waals surface area contributed by atoms with E-state index < -0.39 is 0 Å². The molecule has 110 valence electrons. The topological polar surface area (TPSA) is 42.6 Å². The zero-order valence-electron chi connectivity index (χ0n) is 11.7. The Morgan fingerprint density at radius 1 is 1.09 bits per heavy atom. The second-order valence-corrected chi connectivity index (χ2v) is 6.01. The molecule has 1 amide bonds. The van der Waals surface area contributed by atoms with Crippen molar-refractivity contribution in [3.63, 3.8) is 0 Å². The number of carbonyl (C=O) groups excluding carboxylic acids is 1. The first-order valence-electron chi connectivity index (χ1n) is 6.62. The van der Waals surface area contributed by atoms with Crippen molar-refractivity contribution in [3.8, 4) is 11.3 Å². The molecule has 0 atom stereocenters. The van der Waals surface area contributed by atoms with Crippen molar-refractivity contribution >= 4 is 28.8 Å². The van der Waals surface area contributed by atoms with E-state index in [9.17, 15) is 4.79 Å². The van der Waals surface area contributed by atoms with Gasteiger partial charge in [-0.2, -0.15) is 4.99 Å². The van der Waals surface area contributed by atoms with Gasteiger partial charge >= 0.3 is 0 Å². The Kier molecular flexibility index (Phi) is 4.22. The predicted molar refractivity (Wildman–Crippen MR) is 88.1 cm³/mol. The lowest BCUT2D eigenvalue weighted by atomic mass is 10.1. The minimum Gasteiger partial charge on any atom is -0.429 e. The van der Waals surface area contributed by atoms with Gasteiger partial charge < -0.3 is 4.42 Å². The molecule has 0 unspecified atom stereocenters. The Morgan fingerprint density at radius 3 is 2.45 bits per heavy atom. The molecule has 0 saturated carbocycles. The van der Waals surface area contributed by atoms with Crippen LogP contribution in [-0.2, 0) is 0 Å². The van der Waals surface area contributed by atoms with Crippen molar-refractivity contribution in [2.45, 2.75) is 6.92 Å². The molecule has 3 rings (SSSR count). The first kappa shape index (κ1) is 14.8. The number of amides is 1. The molecule has 0 bridgehead atoms. The van der Waals surface area contributed by atoms with Crippen LogP contribution < -0.4 is 4.87 Å². The number of hydrogen-bond acceptors (Lipinski definition) is 3. The van der Waals surface area contributed by atoms with Crippen LogP contribution in [0.2, 0.25) is 5.02 Å². The quantitative estimate of drug-likeness (QED) is 0.683. The highest BCUT2D eigenvalue weighted by molar-refractivity contribution is 7.07. The summed E-state index contributed by atoms with van der Waals surface area (Å²) in [7, 11) is 0. The molecule has 0 saturated heterocycles. The van der Waals surface area contributed by atoms with Crippen LogP contribution >= 0.6 is 22.9 Å². The van der Waals surface area contributed by atoms with E-state index in [1.165, 1.54) is 16.9 Å². The Bertz CT molecular complexity index is 861. The van der Waals surface area contributed by atoms with E-state index in [1.807, 2.05) is 36.6 Å². The van der Waals surface area contributed by atoms with Gasteiger partial charge in [0.15, 0.2) is 0 Å². The van der Waals surface area contributed by atoms with Crippen molar-refractivity contribution in [1.82, 2.24) is 0 Å². The normalized spacial score (nSPS) is 11.6. The third-order valence-corrected chi connectivity index (χ3v) is 4.04. The molecule has 3 aromatic rings. The number of benzene rings is 2. The van der Waals surface area contributed by atoms with Gasteiger partial charge in [0, 0.05) is 21.5 Å². The molecule has 2 aromatic carbocycles. The molecule has 0 aliphatic heterocycles. The van der Waals surface area contributed by atoms with Crippen molar-refractivity contribution in [2.75, 3.05) is 0 Å². The van der Waals surface area contributed by atoms with Gasteiger partial charge in [0.2, 0.25) is 0 Å². The number of nitrogens with zero attached hydrogens (tertiary/aromatic N) is 1. The minimum atomic E-state index is -0.349. The summed E-state index contributed by atoms with van der Waals surface area (Å²) in [5.41, 5.74) is 2.62. The molecule has 0 fully saturated rings.